The van der Waals surface area contributed by atoms with Gasteiger partial charge in [-0.1, -0.05) is 87.7 Å². The summed E-state index contributed by atoms with van der Waals surface area (Å²) in [6, 6.07) is 31.9. The van der Waals surface area contributed by atoms with Crippen molar-refractivity contribution in [3.05, 3.63) is 120 Å². The van der Waals surface area contributed by atoms with Gasteiger partial charge in [0, 0.05) is 42.0 Å². The molecule has 0 unspecified atom stereocenters. The van der Waals surface area contributed by atoms with Crippen molar-refractivity contribution in [3.63, 3.8) is 0 Å². The lowest BCUT2D eigenvalue weighted by atomic mass is 9.35. The van der Waals surface area contributed by atoms with Crippen LogP contribution in [-0.2, 0) is 5.54 Å². The minimum absolute atomic E-state index is 0.0259. The number of aryl methyl sites for hydroxylation is 3. The molecule has 0 aliphatic carbocycles. The Morgan fingerprint density at radius 1 is 0.683 bits per heavy atom. The Hall–Kier alpha value is -3.96. The fourth-order valence-corrected chi connectivity index (χ4v) is 6.74. The molecule has 0 radical (unpaired) electrons. The van der Waals surface area contributed by atoms with Crippen molar-refractivity contribution >= 4 is 40.2 Å². The number of para-hydroxylation sites is 1. The van der Waals surface area contributed by atoms with Crippen molar-refractivity contribution in [3.8, 4) is 0 Å². The fraction of sp³-hybridized carbons (Fsp3) is 0.278. The van der Waals surface area contributed by atoms with Gasteiger partial charge in [0.1, 0.15) is 0 Å². The first-order valence-electron chi connectivity index (χ1n) is 14.6. The van der Waals surface area contributed by atoms with Crippen molar-refractivity contribution in [1.82, 2.24) is 9.80 Å². The van der Waals surface area contributed by atoms with E-state index in [1.165, 1.54) is 55.7 Å². The molecule has 0 atom stereocenters. The van der Waals surface area contributed by atoms with Gasteiger partial charge in [0.15, 0.2) is 0 Å². The third kappa shape index (κ3) is 4.93. The van der Waals surface area contributed by atoms with E-state index < -0.39 is 0 Å². The van der Waals surface area contributed by atoms with Crippen LogP contribution in [-0.4, -0.2) is 43.9 Å². The molecule has 0 N–H and O–H groups in total. The third-order valence-electron chi connectivity index (χ3n) is 9.12. The first kappa shape index (κ1) is 27.2. The summed E-state index contributed by atoms with van der Waals surface area (Å²) in [5, 5.41) is 0. The minimum Gasteiger partial charge on any atom is -0.361 e. The van der Waals surface area contributed by atoms with E-state index in [1.54, 1.807) is 0 Å². The normalized spacial score (nSPS) is 16.3. The average Bonchev–Trinajstić information content (AvgIpc) is 3.39. The van der Waals surface area contributed by atoms with Crippen molar-refractivity contribution in [2.24, 2.45) is 0 Å². The molecule has 0 saturated heterocycles. The zero-order valence-corrected chi connectivity index (χ0v) is 25.5. The Labute approximate surface area is 246 Å². The van der Waals surface area contributed by atoms with E-state index in [9.17, 15) is 0 Å². The van der Waals surface area contributed by atoms with E-state index in [0.29, 0.717) is 0 Å². The number of anilines is 3. The van der Waals surface area contributed by atoms with Crippen molar-refractivity contribution < 1.29 is 0 Å². The van der Waals surface area contributed by atoms with E-state index in [2.05, 4.69) is 166 Å². The largest absolute Gasteiger partial charge is 0.361 e. The Bertz CT molecular complexity index is 1600. The molecule has 2 aliphatic rings. The fourth-order valence-electron chi connectivity index (χ4n) is 6.74. The molecular weight excluding hydrogens is 499 g/mol. The summed E-state index contributed by atoms with van der Waals surface area (Å²) in [6.07, 6.45) is 4.31. The van der Waals surface area contributed by atoms with E-state index in [0.717, 1.165) is 13.3 Å². The van der Waals surface area contributed by atoms with Crippen LogP contribution in [0.2, 0.25) is 0 Å². The van der Waals surface area contributed by atoms with Crippen LogP contribution in [0, 0.1) is 20.8 Å². The molecule has 0 bridgehead atoms. The molecule has 4 aromatic carbocycles. The molecule has 0 amide bonds. The van der Waals surface area contributed by atoms with Crippen LogP contribution in [0.4, 0.5) is 17.1 Å². The van der Waals surface area contributed by atoms with Crippen LogP contribution in [0.1, 0.15) is 36.1 Å². The zero-order valence-electron chi connectivity index (χ0n) is 25.5. The van der Waals surface area contributed by atoms with E-state index in [-0.39, 0.29) is 12.3 Å². The van der Waals surface area contributed by atoms with Crippen LogP contribution >= 0.6 is 0 Å². The van der Waals surface area contributed by atoms with Crippen LogP contribution in [0.3, 0.4) is 0 Å². The maximum absolute atomic E-state index is 2.47. The number of benzene rings is 4. The van der Waals surface area contributed by atoms with Gasteiger partial charge in [-0.05, 0) is 77.6 Å². The van der Waals surface area contributed by atoms with E-state index in [1.807, 2.05) is 0 Å². The summed E-state index contributed by atoms with van der Waals surface area (Å²) in [7, 11) is 4.34. The molecule has 0 fully saturated rings. The monoisotopic (exact) mass is 540 g/mol. The molecule has 2 heterocycles. The highest BCUT2D eigenvalue weighted by Gasteiger charge is 2.36. The maximum Gasteiger partial charge on any atom is 0.242 e. The van der Waals surface area contributed by atoms with Gasteiger partial charge < -0.3 is 14.7 Å². The molecule has 208 valence electrons. The third-order valence-corrected chi connectivity index (χ3v) is 9.12. The summed E-state index contributed by atoms with van der Waals surface area (Å²) in [5.74, 6) is 0. The van der Waals surface area contributed by atoms with Crippen LogP contribution in [0.25, 0.3) is 0 Å². The number of hydrogen-bond acceptors (Lipinski definition) is 4. The highest BCUT2D eigenvalue weighted by atomic mass is 15.4. The maximum atomic E-state index is 2.47. The van der Waals surface area contributed by atoms with Gasteiger partial charge in [0.05, 0.1) is 13.3 Å². The summed E-state index contributed by atoms with van der Waals surface area (Å²) in [4.78, 5) is 9.43. The Kier molecular flexibility index (Phi) is 6.95. The second kappa shape index (κ2) is 10.5. The SMILES string of the molecule is Cc1cc(C)c(B(c2cccc(N3C=CN(C)C3)c2)c2cccc(N3CN(C)C(C)(C)c4ccccc43)c2)c(C)c1. The van der Waals surface area contributed by atoms with Gasteiger partial charge in [0.2, 0.25) is 6.71 Å². The van der Waals surface area contributed by atoms with Crippen LogP contribution in [0.5, 0.6) is 0 Å². The summed E-state index contributed by atoms with van der Waals surface area (Å²) < 4.78 is 0. The van der Waals surface area contributed by atoms with Gasteiger partial charge in [-0.3, -0.25) is 4.90 Å². The van der Waals surface area contributed by atoms with Crippen molar-refractivity contribution in [1.29, 1.82) is 0 Å². The second-order valence-corrected chi connectivity index (χ2v) is 12.4. The van der Waals surface area contributed by atoms with Gasteiger partial charge >= 0.3 is 0 Å². The molecule has 4 nitrogen and oxygen atoms in total. The molecule has 41 heavy (non-hydrogen) atoms. The van der Waals surface area contributed by atoms with Crippen molar-refractivity contribution in [2.45, 2.75) is 40.2 Å². The number of fused-ring (bicyclic) bond motifs is 1. The van der Waals surface area contributed by atoms with E-state index in [4.69, 9.17) is 0 Å². The number of nitrogens with zero attached hydrogens (tertiary/aromatic N) is 4. The predicted molar refractivity (Wildman–Crippen MR) is 177 cm³/mol. The van der Waals surface area contributed by atoms with Gasteiger partial charge in [-0.2, -0.15) is 0 Å². The molecule has 0 aromatic heterocycles. The molecule has 0 saturated carbocycles. The van der Waals surface area contributed by atoms with Crippen molar-refractivity contribution in [2.75, 3.05) is 37.2 Å². The molecule has 4 aromatic rings. The number of rotatable bonds is 5. The van der Waals surface area contributed by atoms with Gasteiger partial charge in [-0.15, -0.1) is 0 Å². The molecule has 5 heteroatoms. The second-order valence-electron chi connectivity index (χ2n) is 12.4. The quantitative estimate of drug-likeness (QED) is 0.306. The lowest BCUT2D eigenvalue weighted by Gasteiger charge is -2.47. The summed E-state index contributed by atoms with van der Waals surface area (Å²) in [6.45, 7) is 13.2. The Morgan fingerprint density at radius 2 is 1.32 bits per heavy atom. The average molecular weight is 541 g/mol. The van der Waals surface area contributed by atoms with Crippen LogP contribution < -0.4 is 26.2 Å². The Morgan fingerprint density at radius 3 is 1.98 bits per heavy atom. The molecule has 6 rings (SSSR count). The molecule has 2 aliphatic heterocycles. The highest BCUT2D eigenvalue weighted by molar-refractivity contribution is 6.96. The smallest absolute Gasteiger partial charge is 0.242 e. The lowest BCUT2D eigenvalue weighted by Crippen LogP contribution is -2.54. The van der Waals surface area contributed by atoms with E-state index >= 15 is 0 Å². The summed E-state index contributed by atoms with van der Waals surface area (Å²) in [5.41, 5.74) is 13.1. The first-order valence-corrected chi connectivity index (χ1v) is 14.6. The molecular formula is C36H41BN4. The van der Waals surface area contributed by atoms with Gasteiger partial charge in [0.25, 0.3) is 0 Å². The lowest BCUT2D eigenvalue weighted by molar-refractivity contribution is 0.150. The van der Waals surface area contributed by atoms with Gasteiger partial charge in [-0.25, -0.2) is 0 Å². The summed E-state index contributed by atoms with van der Waals surface area (Å²) >= 11 is 0. The minimum atomic E-state index is -0.0259. The zero-order chi connectivity index (χ0) is 28.9. The topological polar surface area (TPSA) is 13.0 Å². The van der Waals surface area contributed by atoms with Crippen LogP contribution in [0.15, 0.2) is 97.3 Å². The first-order chi connectivity index (χ1) is 19.6. The Balaban J connectivity index is 1.49. The molecule has 0 spiro atoms. The predicted octanol–water partition coefficient (Wildman–Crippen LogP) is 5.58. The number of hydrogen-bond donors (Lipinski definition) is 0. The standard InChI is InChI=1S/C36H41BN4/c1-26-20-27(2)35(28(3)21-26)37(29-12-10-14-31(22-29)40-19-18-38(6)24-40)30-13-11-15-32(23-30)41-25-39(7)36(4,5)33-16-8-9-17-34(33)41/h8-23H,24-25H2,1-7H3. The highest BCUT2D eigenvalue weighted by Crippen LogP contribution is 2.41.